The predicted octanol–water partition coefficient (Wildman–Crippen LogP) is 6.09. The zero-order valence-corrected chi connectivity index (χ0v) is 22.2. The van der Waals surface area contributed by atoms with Gasteiger partial charge in [0.1, 0.15) is 11.6 Å². The maximum absolute atomic E-state index is 12.9. The van der Waals surface area contributed by atoms with Crippen molar-refractivity contribution in [1.82, 2.24) is 10.2 Å². The Morgan fingerprint density at radius 3 is 2.33 bits per heavy atom. The highest BCUT2D eigenvalue weighted by Crippen LogP contribution is 2.27. The van der Waals surface area contributed by atoms with E-state index in [0.29, 0.717) is 30.9 Å². The van der Waals surface area contributed by atoms with Crippen molar-refractivity contribution in [2.75, 3.05) is 13.1 Å². The van der Waals surface area contributed by atoms with Gasteiger partial charge in [-0.3, -0.25) is 9.59 Å². The Balaban J connectivity index is 1.22. The predicted molar refractivity (Wildman–Crippen MR) is 150 cm³/mol. The summed E-state index contributed by atoms with van der Waals surface area (Å²) in [6.45, 7) is 1.02. The summed E-state index contributed by atoms with van der Waals surface area (Å²) in [5.74, 6) is -1.63. The van der Waals surface area contributed by atoms with Gasteiger partial charge >= 0.3 is 5.97 Å². The lowest BCUT2D eigenvalue weighted by Crippen LogP contribution is -2.42. The van der Waals surface area contributed by atoms with Crippen molar-refractivity contribution < 1.29 is 23.9 Å². The Hall–Kier alpha value is -4.07. The first-order chi connectivity index (χ1) is 18.8. The monoisotopic (exact) mass is 562 g/mol. The van der Waals surface area contributed by atoms with E-state index < -0.39 is 17.9 Å². The lowest BCUT2D eigenvalue weighted by molar-refractivity contribution is -0.139. The molecule has 4 aromatic rings. The van der Waals surface area contributed by atoms with Crippen LogP contribution in [-0.2, 0) is 11.2 Å². The van der Waals surface area contributed by atoms with Gasteiger partial charge in [0.25, 0.3) is 11.8 Å². The Kier molecular flexibility index (Phi) is 7.72. The lowest BCUT2D eigenvalue weighted by atomic mass is 9.96. The molecule has 0 fully saturated rings. The van der Waals surface area contributed by atoms with Crippen LogP contribution in [0.1, 0.15) is 38.5 Å². The molecule has 1 aliphatic heterocycles. The van der Waals surface area contributed by atoms with E-state index >= 15 is 0 Å². The second-order valence-electron chi connectivity index (χ2n) is 9.24. The third kappa shape index (κ3) is 5.85. The van der Waals surface area contributed by atoms with Gasteiger partial charge in [-0.05, 0) is 47.4 Å². The van der Waals surface area contributed by atoms with Gasteiger partial charge in [-0.15, -0.1) is 0 Å². The molecule has 0 radical (unpaired) electrons. The van der Waals surface area contributed by atoms with Crippen LogP contribution in [0.15, 0.2) is 83.3 Å². The van der Waals surface area contributed by atoms with E-state index in [0.717, 1.165) is 22.1 Å². The molecule has 198 valence electrons. The van der Waals surface area contributed by atoms with E-state index in [9.17, 15) is 19.5 Å². The molecule has 2 heterocycles. The number of para-hydroxylation sites is 1. The highest BCUT2D eigenvalue weighted by atomic mass is 35.5. The maximum atomic E-state index is 12.9. The van der Waals surface area contributed by atoms with Crippen molar-refractivity contribution in [2.45, 2.75) is 18.9 Å². The van der Waals surface area contributed by atoms with Crippen LogP contribution in [0.2, 0.25) is 10.0 Å². The molecule has 1 atom stereocenters. The zero-order valence-electron chi connectivity index (χ0n) is 20.7. The van der Waals surface area contributed by atoms with Gasteiger partial charge in [0.2, 0.25) is 0 Å². The molecule has 0 saturated carbocycles. The Morgan fingerprint density at radius 2 is 1.69 bits per heavy atom. The summed E-state index contributed by atoms with van der Waals surface area (Å²) in [5.41, 5.74) is 3.57. The van der Waals surface area contributed by atoms with Crippen LogP contribution >= 0.6 is 23.2 Å². The van der Waals surface area contributed by atoms with Crippen molar-refractivity contribution in [2.24, 2.45) is 0 Å². The minimum atomic E-state index is -1.17. The Bertz CT molecular complexity index is 1540. The van der Waals surface area contributed by atoms with E-state index in [1.54, 1.807) is 17.0 Å². The number of hydrogen-bond acceptors (Lipinski definition) is 4. The fourth-order valence-corrected chi connectivity index (χ4v) is 5.16. The standard InChI is InChI=1S/C30H24Cl2N2O5/c31-22-5-3-6-23(32)27(22)28(35)33-24(30(37)38)16-18-8-10-19(11-9-18)20-12-14-34(15-13-20)29(36)26-17-21-4-1-2-7-25(21)39-26/h1-12,17,24H,13-16H2,(H,33,35)(H,37,38)/t24-/m0/s1. The molecule has 9 heteroatoms. The number of rotatable bonds is 7. The molecule has 2 N–H and O–H groups in total. The molecule has 0 aliphatic carbocycles. The first-order valence-corrected chi connectivity index (χ1v) is 13.1. The molecule has 39 heavy (non-hydrogen) atoms. The fraction of sp³-hybridized carbons (Fsp3) is 0.167. The third-order valence-corrected chi connectivity index (χ3v) is 7.32. The SMILES string of the molecule is O=C(N[C@@H](Cc1ccc(C2=CCN(C(=O)c3cc4ccccc4o3)CC2)cc1)C(=O)O)c1c(Cl)cccc1Cl. The first-order valence-electron chi connectivity index (χ1n) is 12.3. The highest BCUT2D eigenvalue weighted by molar-refractivity contribution is 6.39. The molecule has 0 spiro atoms. The van der Waals surface area contributed by atoms with E-state index in [1.807, 2.05) is 54.6 Å². The average Bonchev–Trinajstić information content (AvgIpc) is 3.37. The zero-order chi connectivity index (χ0) is 27.5. The van der Waals surface area contributed by atoms with E-state index in [-0.39, 0.29) is 27.9 Å². The number of carbonyl (C=O) groups excluding carboxylic acids is 2. The number of hydrogen-bond donors (Lipinski definition) is 2. The summed E-state index contributed by atoms with van der Waals surface area (Å²) in [6, 6.07) is 20.3. The molecule has 3 aromatic carbocycles. The van der Waals surface area contributed by atoms with Gasteiger partial charge in [0.15, 0.2) is 5.76 Å². The van der Waals surface area contributed by atoms with Gasteiger partial charge in [-0.2, -0.15) is 0 Å². The average molecular weight is 563 g/mol. The summed E-state index contributed by atoms with van der Waals surface area (Å²) in [7, 11) is 0. The Labute approximate surface area is 234 Å². The summed E-state index contributed by atoms with van der Waals surface area (Å²) in [5, 5.41) is 13.4. The van der Waals surface area contributed by atoms with Crippen molar-refractivity contribution >= 4 is 57.5 Å². The minimum absolute atomic E-state index is 0.0412. The molecule has 1 aromatic heterocycles. The van der Waals surface area contributed by atoms with Crippen LogP contribution in [0.3, 0.4) is 0 Å². The number of nitrogens with zero attached hydrogens (tertiary/aromatic N) is 1. The summed E-state index contributed by atoms with van der Waals surface area (Å²) in [6.07, 6.45) is 2.78. The smallest absolute Gasteiger partial charge is 0.326 e. The summed E-state index contributed by atoms with van der Waals surface area (Å²) >= 11 is 12.2. The number of amides is 2. The van der Waals surface area contributed by atoms with Crippen molar-refractivity contribution in [3.63, 3.8) is 0 Å². The number of carbonyl (C=O) groups is 3. The van der Waals surface area contributed by atoms with E-state index in [1.165, 1.54) is 12.1 Å². The molecular weight excluding hydrogens is 539 g/mol. The number of furan rings is 1. The van der Waals surface area contributed by atoms with Gasteiger partial charge in [0, 0.05) is 24.9 Å². The van der Waals surface area contributed by atoms with Crippen molar-refractivity contribution in [1.29, 1.82) is 0 Å². The second kappa shape index (κ2) is 11.4. The maximum Gasteiger partial charge on any atom is 0.326 e. The molecular formula is C30H24Cl2N2O5. The number of halogens is 2. The Morgan fingerprint density at radius 1 is 0.974 bits per heavy atom. The molecule has 0 saturated heterocycles. The molecule has 0 bridgehead atoms. The summed E-state index contributed by atoms with van der Waals surface area (Å²) < 4.78 is 5.72. The lowest BCUT2D eigenvalue weighted by Gasteiger charge is -2.26. The topological polar surface area (TPSA) is 99.9 Å². The number of benzene rings is 3. The first kappa shape index (κ1) is 26.5. The number of aliphatic carboxylic acids is 1. The minimum Gasteiger partial charge on any atom is -0.480 e. The molecule has 7 nitrogen and oxygen atoms in total. The van der Waals surface area contributed by atoms with Crippen molar-refractivity contribution in [3.8, 4) is 0 Å². The normalized spacial score (nSPS) is 14.1. The van der Waals surface area contributed by atoms with Crippen LogP contribution in [0.4, 0.5) is 0 Å². The molecule has 5 rings (SSSR count). The van der Waals surface area contributed by atoms with E-state index in [4.69, 9.17) is 27.6 Å². The number of carboxylic acids is 1. The van der Waals surface area contributed by atoms with Gasteiger partial charge in [0.05, 0.1) is 15.6 Å². The number of carboxylic acid groups (broad SMARTS) is 1. The number of nitrogens with one attached hydrogen (secondary N) is 1. The second-order valence-corrected chi connectivity index (χ2v) is 10.1. The number of fused-ring (bicyclic) bond motifs is 1. The van der Waals surface area contributed by atoms with Gasteiger partial charge in [-0.25, -0.2) is 4.79 Å². The summed E-state index contributed by atoms with van der Waals surface area (Å²) in [4.78, 5) is 39.2. The van der Waals surface area contributed by atoms with Crippen LogP contribution in [0, 0.1) is 0 Å². The van der Waals surface area contributed by atoms with Crippen molar-refractivity contribution in [3.05, 3.63) is 111 Å². The quantitative estimate of drug-likeness (QED) is 0.283. The van der Waals surface area contributed by atoms with E-state index in [2.05, 4.69) is 5.32 Å². The van der Waals surface area contributed by atoms with Crippen LogP contribution in [0.5, 0.6) is 0 Å². The molecule has 0 unspecified atom stereocenters. The largest absolute Gasteiger partial charge is 0.480 e. The molecule has 2 amide bonds. The van der Waals surface area contributed by atoms with Crippen LogP contribution in [0.25, 0.3) is 16.5 Å². The van der Waals surface area contributed by atoms with Gasteiger partial charge in [-0.1, -0.05) is 77.8 Å². The molecule has 1 aliphatic rings. The van der Waals surface area contributed by atoms with Gasteiger partial charge < -0.3 is 19.7 Å². The fourth-order valence-electron chi connectivity index (χ4n) is 4.59. The highest BCUT2D eigenvalue weighted by Gasteiger charge is 2.25. The van der Waals surface area contributed by atoms with Crippen LogP contribution < -0.4 is 5.32 Å². The van der Waals surface area contributed by atoms with Crippen LogP contribution in [-0.4, -0.2) is 46.9 Å². The third-order valence-electron chi connectivity index (χ3n) is 6.69.